The van der Waals surface area contributed by atoms with Gasteiger partial charge in [-0.15, -0.1) is 0 Å². The van der Waals surface area contributed by atoms with Crippen LogP contribution in [0.25, 0.3) is 0 Å². The van der Waals surface area contributed by atoms with E-state index in [2.05, 4.69) is 12.0 Å². The van der Waals surface area contributed by atoms with E-state index in [0.717, 1.165) is 12.8 Å². The first-order valence-electron chi connectivity index (χ1n) is 5.75. The van der Waals surface area contributed by atoms with Gasteiger partial charge in [0, 0.05) is 12.4 Å². The van der Waals surface area contributed by atoms with Crippen LogP contribution in [0.4, 0.5) is 0 Å². The summed E-state index contributed by atoms with van der Waals surface area (Å²) in [7, 11) is 0. The van der Waals surface area contributed by atoms with Gasteiger partial charge >= 0.3 is 0 Å². The third-order valence-corrected chi connectivity index (χ3v) is 2.64. The van der Waals surface area contributed by atoms with Crippen molar-refractivity contribution in [1.29, 1.82) is 0 Å². The number of carbonyl (C=O) groups is 1. The Morgan fingerprint density at radius 1 is 1.40 bits per heavy atom. The molecule has 1 heterocycles. The Bertz CT molecular complexity index is 280. The molecule has 15 heavy (non-hydrogen) atoms. The van der Waals surface area contributed by atoms with E-state index in [1.807, 2.05) is 12.3 Å². The van der Waals surface area contributed by atoms with Gasteiger partial charge < -0.3 is 0 Å². The van der Waals surface area contributed by atoms with Crippen LogP contribution >= 0.6 is 0 Å². The number of ketones is 1. The summed E-state index contributed by atoms with van der Waals surface area (Å²) in [5, 5.41) is 4.13. The molecule has 0 radical (unpaired) electrons. The summed E-state index contributed by atoms with van der Waals surface area (Å²) in [6, 6.07) is 1.80. The molecule has 1 aromatic rings. The van der Waals surface area contributed by atoms with Crippen molar-refractivity contribution in [2.75, 3.05) is 0 Å². The van der Waals surface area contributed by atoms with E-state index in [4.69, 9.17) is 0 Å². The fourth-order valence-corrected chi connectivity index (χ4v) is 1.75. The molecule has 0 fully saturated rings. The Kier molecular flexibility index (Phi) is 5.08. The monoisotopic (exact) mass is 208 g/mol. The molecule has 0 aliphatic carbocycles. The maximum atomic E-state index is 11.4. The molecule has 0 N–H and O–H groups in total. The molecular formula is C12H20N2O. The minimum absolute atomic E-state index is 0.0585. The molecule has 3 nitrogen and oxygen atoms in total. The molecule has 0 bridgehead atoms. The van der Waals surface area contributed by atoms with E-state index in [-0.39, 0.29) is 11.8 Å². The van der Waals surface area contributed by atoms with Crippen LogP contribution in [-0.4, -0.2) is 15.6 Å². The maximum absolute atomic E-state index is 11.4. The Balaban J connectivity index is 2.42. The lowest BCUT2D eigenvalue weighted by molar-refractivity contribution is -0.120. The van der Waals surface area contributed by atoms with Crippen LogP contribution in [0.5, 0.6) is 0 Å². The van der Waals surface area contributed by atoms with E-state index < -0.39 is 0 Å². The van der Waals surface area contributed by atoms with Crippen molar-refractivity contribution in [3.8, 4) is 0 Å². The van der Waals surface area contributed by atoms with Gasteiger partial charge in [0.05, 0.1) is 0 Å². The van der Waals surface area contributed by atoms with Crippen molar-refractivity contribution in [2.45, 2.75) is 52.0 Å². The Labute approximate surface area is 91.5 Å². The molecule has 0 saturated carbocycles. The van der Waals surface area contributed by atoms with Crippen molar-refractivity contribution in [1.82, 2.24) is 9.78 Å². The van der Waals surface area contributed by atoms with Crippen LogP contribution in [0.1, 0.15) is 52.0 Å². The van der Waals surface area contributed by atoms with Gasteiger partial charge in [-0.05, 0) is 19.4 Å². The van der Waals surface area contributed by atoms with Crippen molar-refractivity contribution in [3.63, 3.8) is 0 Å². The molecule has 0 spiro atoms. The van der Waals surface area contributed by atoms with Crippen LogP contribution in [0.15, 0.2) is 18.5 Å². The standard InChI is InChI=1S/C12H20N2O/c1-3-4-5-6-8-12(11(2)15)14-10-7-9-13-14/h7,9-10,12H,3-6,8H2,1-2H3. The van der Waals surface area contributed by atoms with Crippen molar-refractivity contribution < 1.29 is 4.79 Å². The number of aromatic nitrogens is 2. The zero-order valence-corrected chi connectivity index (χ0v) is 9.65. The Hall–Kier alpha value is -1.12. The normalized spacial score (nSPS) is 12.7. The Morgan fingerprint density at radius 2 is 2.20 bits per heavy atom. The van der Waals surface area contributed by atoms with E-state index in [1.165, 1.54) is 19.3 Å². The number of carbonyl (C=O) groups excluding carboxylic acids is 1. The van der Waals surface area contributed by atoms with Gasteiger partial charge in [-0.3, -0.25) is 9.48 Å². The van der Waals surface area contributed by atoms with E-state index in [0.29, 0.717) is 0 Å². The van der Waals surface area contributed by atoms with Crippen LogP contribution < -0.4 is 0 Å². The SMILES string of the molecule is CCCCCCC(C(C)=O)n1cccn1. The summed E-state index contributed by atoms with van der Waals surface area (Å²) in [6.07, 6.45) is 9.31. The number of hydrogen-bond donors (Lipinski definition) is 0. The van der Waals surface area contributed by atoms with Gasteiger partial charge in [-0.25, -0.2) is 0 Å². The summed E-state index contributed by atoms with van der Waals surface area (Å²) < 4.78 is 1.77. The number of hydrogen-bond acceptors (Lipinski definition) is 2. The molecule has 84 valence electrons. The molecule has 1 unspecified atom stereocenters. The van der Waals surface area contributed by atoms with E-state index in [1.54, 1.807) is 17.8 Å². The first-order valence-corrected chi connectivity index (χ1v) is 5.75. The molecule has 0 amide bonds. The first-order chi connectivity index (χ1) is 7.25. The zero-order chi connectivity index (χ0) is 11.1. The predicted molar refractivity (Wildman–Crippen MR) is 60.7 cm³/mol. The Morgan fingerprint density at radius 3 is 2.73 bits per heavy atom. The second kappa shape index (κ2) is 6.38. The van der Waals surface area contributed by atoms with Gasteiger partial charge in [0.25, 0.3) is 0 Å². The van der Waals surface area contributed by atoms with Crippen LogP contribution in [0.2, 0.25) is 0 Å². The maximum Gasteiger partial charge on any atom is 0.154 e. The predicted octanol–water partition coefficient (Wildman–Crippen LogP) is 2.98. The minimum atomic E-state index is -0.0585. The van der Waals surface area contributed by atoms with Gasteiger partial charge in [0.1, 0.15) is 6.04 Å². The number of rotatable bonds is 7. The van der Waals surface area contributed by atoms with Crippen LogP contribution in [0.3, 0.4) is 0 Å². The van der Waals surface area contributed by atoms with Crippen molar-refractivity contribution >= 4 is 5.78 Å². The van der Waals surface area contributed by atoms with Crippen molar-refractivity contribution in [2.24, 2.45) is 0 Å². The molecular weight excluding hydrogens is 188 g/mol. The molecule has 0 aliphatic heterocycles. The van der Waals surface area contributed by atoms with Crippen LogP contribution in [0, 0.1) is 0 Å². The van der Waals surface area contributed by atoms with Gasteiger partial charge in [0.15, 0.2) is 5.78 Å². The lowest BCUT2D eigenvalue weighted by atomic mass is 10.0. The topological polar surface area (TPSA) is 34.9 Å². The highest BCUT2D eigenvalue weighted by atomic mass is 16.1. The summed E-state index contributed by atoms with van der Waals surface area (Å²) >= 11 is 0. The van der Waals surface area contributed by atoms with Gasteiger partial charge in [-0.1, -0.05) is 32.6 Å². The first kappa shape index (κ1) is 12.0. The van der Waals surface area contributed by atoms with E-state index in [9.17, 15) is 4.79 Å². The number of unbranched alkanes of at least 4 members (excludes halogenated alkanes) is 3. The van der Waals surface area contributed by atoms with Crippen molar-refractivity contribution in [3.05, 3.63) is 18.5 Å². The highest BCUT2D eigenvalue weighted by molar-refractivity contribution is 5.79. The average Bonchev–Trinajstić information content (AvgIpc) is 2.70. The van der Waals surface area contributed by atoms with Gasteiger partial charge in [-0.2, -0.15) is 5.10 Å². The lowest BCUT2D eigenvalue weighted by Gasteiger charge is -2.13. The zero-order valence-electron chi connectivity index (χ0n) is 9.65. The summed E-state index contributed by atoms with van der Waals surface area (Å²) in [6.45, 7) is 3.84. The molecule has 1 aromatic heterocycles. The third-order valence-electron chi connectivity index (χ3n) is 2.64. The fraction of sp³-hybridized carbons (Fsp3) is 0.667. The average molecular weight is 208 g/mol. The highest BCUT2D eigenvalue weighted by Crippen LogP contribution is 2.16. The highest BCUT2D eigenvalue weighted by Gasteiger charge is 2.15. The molecule has 1 rings (SSSR count). The smallest absolute Gasteiger partial charge is 0.154 e. The number of Topliss-reactive ketones (excluding diaryl/α,β-unsaturated/α-hetero) is 1. The molecule has 0 saturated heterocycles. The lowest BCUT2D eigenvalue weighted by Crippen LogP contribution is -2.17. The fourth-order valence-electron chi connectivity index (χ4n) is 1.75. The summed E-state index contributed by atoms with van der Waals surface area (Å²) in [5.74, 6) is 0.204. The summed E-state index contributed by atoms with van der Waals surface area (Å²) in [5.41, 5.74) is 0. The molecule has 3 heteroatoms. The number of nitrogens with zero attached hydrogens (tertiary/aromatic N) is 2. The van der Waals surface area contributed by atoms with Crippen LogP contribution in [-0.2, 0) is 4.79 Å². The quantitative estimate of drug-likeness (QED) is 0.646. The molecule has 0 aliphatic rings. The minimum Gasteiger partial charge on any atom is -0.298 e. The van der Waals surface area contributed by atoms with Gasteiger partial charge in [0.2, 0.25) is 0 Å². The van der Waals surface area contributed by atoms with E-state index >= 15 is 0 Å². The molecule has 1 atom stereocenters. The molecule has 0 aromatic carbocycles. The second-order valence-corrected chi connectivity index (χ2v) is 3.96. The second-order valence-electron chi connectivity index (χ2n) is 3.96. The summed E-state index contributed by atoms with van der Waals surface area (Å²) in [4.78, 5) is 11.4. The third kappa shape index (κ3) is 3.86. The largest absolute Gasteiger partial charge is 0.298 e.